The Morgan fingerprint density at radius 2 is 1.67 bits per heavy atom. The fraction of sp³-hybridized carbons (Fsp3) is 0.360. The maximum absolute atomic E-state index is 13.7. The highest BCUT2D eigenvalue weighted by Crippen LogP contribution is 2.51. The topological polar surface area (TPSA) is 55.8 Å². The zero-order chi connectivity index (χ0) is 24.1. The average molecular weight is 509 g/mol. The Hall–Kier alpha value is -2.21. The van der Waals surface area contributed by atoms with Crippen LogP contribution in [0.2, 0.25) is 15.1 Å². The lowest BCUT2D eigenvalue weighted by Crippen LogP contribution is -2.44. The maximum atomic E-state index is 13.7. The number of Topliss-reactive ketones (excluding diaryl/α,β-unsaturated/α-hetero) is 1. The van der Waals surface area contributed by atoms with Crippen LogP contribution < -0.4 is 14.4 Å². The predicted molar refractivity (Wildman–Crippen MR) is 131 cm³/mol. The first-order chi connectivity index (χ1) is 15.6. The Balaban J connectivity index is 1.97. The molecule has 0 aromatic heterocycles. The summed E-state index contributed by atoms with van der Waals surface area (Å²) >= 11 is 19.2. The number of amides is 1. The molecule has 8 heteroatoms. The molecular formula is C25H24Cl3NO4. The van der Waals surface area contributed by atoms with Gasteiger partial charge in [-0.1, -0.05) is 60.8 Å². The number of anilines is 1. The molecule has 0 N–H and O–H groups in total. The highest BCUT2D eigenvalue weighted by atomic mass is 35.5. The summed E-state index contributed by atoms with van der Waals surface area (Å²) in [5.74, 6) is 0.197. The molecule has 4 rings (SSSR count). The lowest BCUT2D eigenvalue weighted by atomic mass is 9.69. The number of carbonyl (C=O) groups excluding carboxylic acids is 2. The van der Waals surface area contributed by atoms with Crippen molar-refractivity contribution in [2.45, 2.75) is 39.0 Å². The summed E-state index contributed by atoms with van der Waals surface area (Å²) in [6, 6.07) is 8.57. The molecule has 1 aliphatic heterocycles. The van der Waals surface area contributed by atoms with Crippen molar-refractivity contribution in [1.29, 1.82) is 0 Å². The van der Waals surface area contributed by atoms with E-state index in [1.54, 1.807) is 29.2 Å². The van der Waals surface area contributed by atoms with Crippen LogP contribution in [0.5, 0.6) is 11.5 Å². The smallest absolute Gasteiger partial charge is 0.232 e. The summed E-state index contributed by atoms with van der Waals surface area (Å²) in [6.45, 7) is 4.04. The summed E-state index contributed by atoms with van der Waals surface area (Å²) in [5.41, 5.74) is 2.07. The van der Waals surface area contributed by atoms with E-state index in [1.807, 2.05) is 19.9 Å². The second-order valence-electron chi connectivity index (χ2n) is 9.09. The largest absolute Gasteiger partial charge is 0.495 e. The Bertz CT molecular complexity index is 1190. The van der Waals surface area contributed by atoms with Crippen LogP contribution in [0.4, 0.5) is 5.69 Å². The van der Waals surface area contributed by atoms with Gasteiger partial charge in [0.05, 0.1) is 35.0 Å². The second kappa shape index (κ2) is 8.86. The van der Waals surface area contributed by atoms with Gasteiger partial charge in [0.15, 0.2) is 5.78 Å². The van der Waals surface area contributed by atoms with Crippen LogP contribution in [0, 0.1) is 5.41 Å². The number of carbonyl (C=O) groups is 2. The van der Waals surface area contributed by atoms with Crippen LogP contribution in [0.15, 0.2) is 41.6 Å². The minimum Gasteiger partial charge on any atom is -0.495 e. The summed E-state index contributed by atoms with van der Waals surface area (Å²) in [6.07, 6.45) is 0.974. The standard InChI is InChI=1S/C25H24Cl3NO4/c1-25(2)11-18-23(19(30)12-25)14(13-6-5-7-15(26)24(13)28)8-22(31)29(18)17-9-16(27)20(32-3)10-21(17)33-4/h5-7,9-10,14H,8,11-12H2,1-4H3. The van der Waals surface area contributed by atoms with Gasteiger partial charge in [-0.25, -0.2) is 0 Å². The van der Waals surface area contributed by atoms with Gasteiger partial charge in [0, 0.05) is 36.1 Å². The summed E-state index contributed by atoms with van der Waals surface area (Å²) < 4.78 is 10.9. The van der Waals surface area contributed by atoms with E-state index in [9.17, 15) is 9.59 Å². The van der Waals surface area contributed by atoms with Crippen molar-refractivity contribution in [3.05, 3.63) is 62.2 Å². The first-order valence-corrected chi connectivity index (χ1v) is 11.7. The molecule has 1 amide bonds. The van der Waals surface area contributed by atoms with Crippen LogP contribution >= 0.6 is 34.8 Å². The molecule has 0 bridgehead atoms. The van der Waals surface area contributed by atoms with Crippen molar-refractivity contribution in [2.75, 3.05) is 19.1 Å². The van der Waals surface area contributed by atoms with Crippen LogP contribution in [0.1, 0.15) is 44.6 Å². The molecule has 1 heterocycles. The first kappa shape index (κ1) is 23.9. The lowest BCUT2D eigenvalue weighted by Gasteiger charge is -2.43. The number of nitrogens with zero attached hydrogens (tertiary/aromatic N) is 1. The van der Waals surface area contributed by atoms with Crippen LogP contribution in [0.25, 0.3) is 0 Å². The van der Waals surface area contributed by atoms with Gasteiger partial charge >= 0.3 is 0 Å². The van der Waals surface area contributed by atoms with E-state index in [0.717, 1.165) is 0 Å². The zero-order valence-electron chi connectivity index (χ0n) is 18.8. The Morgan fingerprint density at radius 1 is 0.970 bits per heavy atom. The van der Waals surface area contributed by atoms with Crippen LogP contribution in [0.3, 0.4) is 0 Å². The highest BCUT2D eigenvalue weighted by molar-refractivity contribution is 6.42. The third-order valence-electron chi connectivity index (χ3n) is 6.19. The number of ether oxygens (including phenoxy) is 2. The molecule has 2 aromatic rings. The van der Waals surface area contributed by atoms with Gasteiger partial charge < -0.3 is 9.47 Å². The highest BCUT2D eigenvalue weighted by Gasteiger charge is 2.45. The number of halogens is 3. The van der Waals surface area contributed by atoms with E-state index >= 15 is 0 Å². The number of allylic oxidation sites excluding steroid dienone is 2. The van der Waals surface area contributed by atoms with Gasteiger partial charge in [-0.2, -0.15) is 0 Å². The molecule has 0 saturated carbocycles. The van der Waals surface area contributed by atoms with Gasteiger partial charge in [-0.15, -0.1) is 0 Å². The minimum atomic E-state index is -0.474. The summed E-state index contributed by atoms with van der Waals surface area (Å²) in [7, 11) is 3.02. The van der Waals surface area contributed by atoms with Crippen molar-refractivity contribution in [2.24, 2.45) is 5.41 Å². The fourth-order valence-corrected chi connectivity index (χ4v) is 5.44. The molecule has 1 unspecified atom stereocenters. The predicted octanol–water partition coefficient (Wildman–Crippen LogP) is 6.83. The third-order valence-corrected chi connectivity index (χ3v) is 7.32. The molecule has 0 spiro atoms. The molecule has 0 saturated heterocycles. The van der Waals surface area contributed by atoms with E-state index < -0.39 is 5.92 Å². The Kier molecular flexibility index (Phi) is 6.43. The number of hydrogen-bond donors (Lipinski definition) is 0. The Labute approximate surface area is 208 Å². The van der Waals surface area contributed by atoms with Gasteiger partial charge in [0.25, 0.3) is 0 Å². The number of ketones is 1. The van der Waals surface area contributed by atoms with Crippen molar-refractivity contribution in [3.8, 4) is 11.5 Å². The number of benzene rings is 2. The molecule has 5 nitrogen and oxygen atoms in total. The summed E-state index contributed by atoms with van der Waals surface area (Å²) in [5, 5.41) is 1.09. The van der Waals surface area contributed by atoms with Gasteiger partial charge in [0.1, 0.15) is 11.5 Å². The second-order valence-corrected chi connectivity index (χ2v) is 10.3. The van der Waals surface area contributed by atoms with E-state index in [0.29, 0.717) is 61.9 Å². The molecule has 0 radical (unpaired) electrons. The lowest BCUT2D eigenvalue weighted by molar-refractivity contribution is -0.121. The number of methoxy groups -OCH3 is 2. The van der Waals surface area contributed by atoms with Gasteiger partial charge in [0.2, 0.25) is 5.91 Å². The molecule has 2 aliphatic rings. The number of hydrogen-bond acceptors (Lipinski definition) is 4. The average Bonchev–Trinajstić information content (AvgIpc) is 2.74. The van der Waals surface area contributed by atoms with Crippen molar-refractivity contribution in [1.82, 2.24) is 0 Å². The molecule has 174 valence electrons. The molecule has 2 aromatic carbocycles. The first-order valence-electron chi connectivity index (χ1n) is 10.5. The van der Waals surface area contributed by atoms with E-state index in [4.69, 9.17) is 44.3 Å². The zero-order valence-corrected chi connectivity index (χ0v) is 21.1. The third kappa shape index (κ3) is 4.23. The van der Waals surface area contributed by atoms with Crippen LogP contribution in [-0.2, 0) is 9.59 Å². The molecule has 1 atom stereocenters. The maximum Gasteiger partial charge on any atom is 0.232 e. The SMILES string of the molecule is COc1cc(OC)c(N2C(=O)CC(c3cccc(Cl)c3Cl)C3=C2CC(C)(C)CC3=O)cc1Cl. The van der Waals surface area contributed by atoms with E-state index in [-0.39, 0.29) is 23.5 Å². The molecular weight excluding hydrogens is 485 g/mol. The fourth-order valence-electron chi connectivity index (χ4n) is 4.77. The normalized spacial score (nSPS) is 20.1. The van der Waals surface area contributed by atoms with Crippen LogP contribution in [-0.4, -0.2) is 25.9 Å². The molecule has 1 aliphatic carbocycles. The van der Waals surface area contributed by atoms with Crippen molar-refractivity contribution < 1.29 is 19.1 Å². The van der Waals surface area contributed by atoms with Gasteiger partial charge in [-0.05, 0) is 29.5 Å². The number of rotatable bonds is 4. The molecule has 33 heavy (non-hydrogen) atoms. The monoisotopic (exact) mass is 507 g/mol. The Morgan fingerprint density at radius 3 is 2.33 bits per heavy atom. The quantitative estimate of drug-likeness (QED) is 0.454. The minimum absolute atomic E-state index is 0.00151. The van der Waals surface area contributed by atoms with E-state index in [2.05, 4.69) is 0 Å². The summed E-state index contributed by atoms with van der Waals surface area (Å²) in [4.78, 5) is 28.7. The van der Waals surface area contributed by atoms with Gasteiger partial charge in [-0.3, -0.25) is 14.5 Å². The molecule has 0 fully saturated rings. The van der Waals surface area contributed by atoms with Crippen molar-refractivity contribution in [3.63, 3.8) is 0 Å². The van der Waals surface area contributed by atoms with E-state index in [1.165, 1.54) is 14.2 Å². The van der Waals surface area contributed by atoms with Crippen molar-refractivity contribution >= 4 is 52.2 Å².